The smallest absolute Gasteiger partial charge is 0.322 e. The third-order valence-electron chi connectivity index (χ3n) is 9.00. The van der Waals surface area contributed by atoms with Gasteiger partial charge >= 0.3 is 5.97 Å². The Kier molecular flexibility index (Phi) is 13.5. The lowest BCUT2D eigenvalue weighted by Gasteiger charge is -2.28. The van der Waals surface area contributed by atoms with Crippen molar-refractivity contribution in [3.8, 4) is 11.4 Å². The Bertz CT molecular complexity index is 1980. The van der Waals surface area contributed by atoms with E-state index in [1.54, 1.807) is 24.4 Å². The van der Waals surface area contributed by atoms with Gasteiger partial charge in [0.2, 0.25) is 10.0 Å². The SMILES string of the molecule is COc1cc(C(C)(C)c2cnc(SCc3c(F)cc(S(=O)(=O)N(C)[C@@H](CCCCC[N+](C)(C)C)C(=O)O)cc3Cl)n2-c2ccc(F)cc2)ccc1Cl. The molecule has 3 aromatic carbocycles. The molecule has 1 aromatic heterocycles. The van der Waals surface area contributed by atoms with Crippen molar-refractivity contribution >= 4 is 51.0 Å². The second kappa shape index (κ2) is 16.9. The van der Waals surface area contributed by atoms with Crippen LogP contribution < -0.4 is 4.74 Å². The van der Waals surface area contributed by atoms with Crippen LogP contribution in [-0.2, 0) is 26.0 Å². The Morgan fingerprint density at radius 2 is 1.71 bits per heavy atom. The van der Waals surface area contributed by atoms with E-state index in [0.717, 1.165) is 63.3 Å². The summed E-state index contributed by atoms with van der Waals surface area (Å²) in [7, 11) is 4.49. The number of hydrogen-bond acceptors (Lipinski definition) is 6. The molecule has 282 valence electrons. The second-order valence-electron chi connectivity index (χ2n) is 14.1. The van der Waals surface area contributed by atoms with Crippen LogP contribution in [0.5, 0.6) is 5.75 Å². The van der Waals surface area contributed by atoms with Crippen molar-refractivity contribution < 1.29 is 36.3 Å². The van der Waals surface area contributed by atoms with E-state index in [4.69, 9.17) is 27.9 Å². The number of carbonyl (C=O) groups is 1. The van der Waals surface area contributed by atoms with E-state index in [2.05, 4.69) is 26.1 Å². The molecule has 15 heteroatoms. The van der Waals surface area contributed by atoms with Gasteiger partial charge in [0.05, 0.1) is 56.6 Å². The first-order chi connectivity index (χ1) is 24.3. The number of benzene rings is 3. The summed E-state index contributed by atoms with van der Waals surface area (Å²) in [4.78, 5) is 16.3. The van der Waals surface area contributed by atoms with E-state index < -0.39 is 44.0 Å². The number of methoxy groups -OCH3 is 1. The van der Waals surface area contributed by atoms with E-state index in [9.17, 15) is 22.7 Å². The summed E-state index contributed by atoms with van der Waals surface area (Å²) in [5.74, 6) is -2.10. The summed E-state index contributed by atoms with van der Waals surface area (Å²) in [6.45, 7) is 4.89. The number of likely N-dealkylation sites (N-methyl/N-ethyl adjacent to an activating group) is 1. The van der Waals surface area contributed by atoms with Crippen LogP contribution in [0.1, 0.15) is 56.4 Å². The average molecular weight is 799 g/mol. The van der Waals surface area contributed by atoms with E-state index in [1.807, 2.05) is 30.5 Å². The topological polar surface area (TPSA) is 102 Å². The van der Waals surface area contributed by atoms with Crippen molar-refractivity contribution in [1.82, 2.24) is 13.9 Å². The molecule has 0 amide bonds. The summed E-state index contributed by atoms with van der Waals surface area (Å²) >= 11 is 14.0. The normalized spacial score (nSPS) is 13.1. The molecular weight excluding hydrogens is 753 g/mol. The van der Waals surface area contributed by atoms with Crippen molar-refractivity contribution in [1.29, 1.82) is 0 Å². The first-order valence-electron chi connectivity index (χ1n) is 16.6. The van der Waals surface area contributed by atoms with Crippen molar-refractivity contribution in [2.24, 2.45) is 0 Å². The van der Waals surface area contributed by atoms with Gasteiger partial charge in [-0.2, -0.15) is 4.31 Å². The fourth-order valence-electron chi connectivity index (χ4n) is 5.81. The molecule has 1 atom stereocenters. The number of sulfonamides is 1. The zero-order valence-corrected chi connectivity index (χ0v) is 33.4. The highest BCUT2D eigenvalue weighted by Crippen LogP contribution is 2.40. The van der Waals surface area contributed by atoms with E-state index in [-0.39, 0.29) is 22.8 Å². The number of halogens is 4. The molecule has 0 saturated carbocycles. The number of carboxylic acids is 1. The van der Waals surface area contributed by atoms with Gasteiger partial charge in [0, 0.05) is 34.5 Å². The predicted molar refractivity (Wildman–Crippen MR) is 202 cm³/mol. The summed E-state index contributed by atoms with van der Waals surface area (Å²) < 4.78 is 65.7. The molecule has 0 spiro atoms. The molecule has 0 fully saturated rings. The summed E-state index contributed by atoms with van der Waals surface area (Å²) in [5, 5.41) is 10.7. The third-order valence-corrected chi connectivity index (χ3v) is 12.5. The van der Waals surface area contributed by atoms with Gasteiger partial charge in [0.25, 0.3) is 0 Å². The summed E-state index contributed by atoms with van der Waals surface area (Å²) in [6.07, 6.45) is 3.93. The molecule has 0 radical (unpaired) electrons. The van der Waals surface area contributed by atoms with Crippen LogP contribution in [0.15, 0.2) is 70.8 Å². The molecule has 9 nitrogen and oxygen atoms in total. The predicted octanol–water partition coefficient (Wildman–Crippen LogP) is 8.42. The maximum atomic E-state index is 15.7. The maximum Gasteiger partial charge on any atom is 0.322 e. The lowest BCUT2D eigenvalue weighted by molar-refractivity contribution is -0.870. The summed E-state index contributed by atoms with van der Waals surface area (Å²) in [5.41, 5.74) is 1.60. The minimum Gasteiger partial charge on any atom is -0.495 e. The number of aliphatic carboxylic acids is 1. The number of unbranched alkanes of at least 4 members (excludes halogenated alkanes) is 2. The number of thioether (sulfide) groups is 1. The van der Waals surface area contributed by atoms with E-state index >= 15 is 4.39 Å². The molecule has 0 unspecified atom stereocenters. The average Bonchev–Trinajstić information content (AvgIpc) is 3.50. The van der Waals surface area contributed by atoms with Crippen molar-refractivity contribution in [3.63, 3.8) is 0 Å². The molecule has 1 heterocycles. The Labute approximate surface area is 319 Å². The number of hydrogen-bond donors (Lipinski definition) is 1. The van der Waals surface area contributed by atoms with Crippen LogP contribution in [0.4, 0.5) is 8.78 Å². The third kappa shape index (κ3) is 9.66. The molecule has 52 heavy (non-hydrogen) atoms. The quantitative estimate of drug-likeness (QED) is 0.0651. The highest BCUT2D eigenvalue weighted by molar-refractivity contribution is 7.98. The molecule has 0 aliphatic carbocycles. The van der Waals surface area contributed by atoms with Gasteiger partial charge in [-0.3, -0.25) is 9.36 Å². The van der Waals surface area contributed by atoms with Gasteiger partial charge in [-0.1, -0.05) is 61.3 Å². The second-order valence-corrected chi connectivity index (χ2v) is 17.9. The van der Waals surface area contributed by atoms with E-state index in [1.165, 1.54) is 26.3 Å². The molecule has 0 aliphatic heterocycles. The first kappa shape index (κ1) is 41.6. The first-order valence-corrected chi connectivity index (χ1v) is 19.8. The van der Waals surface area contributed by atoms with Crippen molar-refractivity contribution in [2.75, 3.05) is 41.8 Å². The number of quaternary nitrogens is 1. The Morgan fingerprint density at radius 3 is 2.31 bits per heavy atom. The number of rotatable bonds is 17. The Morgan fingerprint density at radius 1 is 1.04 bits per heavy atom. The Balaban J connectivity index is 1.61. The minimum absolute atomic E-state index is 0.0291. The number of aromatic nitrogens is 2. The minimum atomic E-state index is -4.42. The van der Waals surface area contributed by atoms with Crippen molar-refractivity contribution in [2.45, 2.75) is 66.8 Å². The zero-order chi connectivity index (χ0) is 38.6. The fourth-order valence-corrected chi connectivity index (χ4v) is 8.83. The number of ether oxygens (including phenoxy) is 1. The largest absolute Gasteiger partial charge is 0.495 e. The standard InChI is InChI=1S/C37H44Cl2F2N4O5S2/c1-37(2,24-12-17-29(38)33(19-24)50-7)34-22-42-36(44(34)26-15-13-25(40)14-16-26)51-23-28-30(39)20-27(21-31(28)41)52(48,49)43(3)32(35(46)47)11-9-8-10-18-45(4,5)6/h12-17,19-22,32H,8-11,18,23H2,1-7H3/p+1/t32-/m0/s1. The molecule has 0 aliphatic rings. The molecule has 0 bridgehead atoms. The van der Waals surface area contributed by atoms with Crippen LogP contribution in [0.3, 0.4) is 0 Å². The zero-order valence-electron chi connectivity index (χ0n) is 30.3. The van der Waals surface area contributed by atoms with Gasteiger partial charge in [-0.25, -0.2) is 22.2 Å². The van der Waals surface area contributed by atoms with Gasteiger partial charge in [0.15, 0.2) is 5.16 Å². The van der Waals surface area contributed by atoms with Gasteiger partial charge in [0.1, 0.15) is 23.4 Å². The number of nitrogens with zero attached hydrogens (tertiary/aromatic N) is 4. The lowest BCUT2D eigenvalue weighted by atomic mass is 9.81. The van der Waals surface area contributed by atoms with E-state index in [0.29, 0.717) is 28.0 Å². The van der Waals surface area contributed by atoms with Crippen molar-refractivity contribution in [3.05, 3.63) is 99.3 Å². The van der Waals surface area contributed by atoms with Crippen LogP contribution >= 0.6 is 35.0 Å². The Hall–Kier alpha value is -3.20. The van der Waals surface area contributed by atoms with Crippen LogP contribution in [0, 0.1) is 11.6 Å². The maximum absolute atomic E-state index is 15.7. The van der Waals surface area contributed by atoms with Gasteiger partial charge in [-0.05, 0) is 73.4 Å². The lowest BCUT2D eigenvalue weighted by Crippen LogP contribution is -2.42. The molecule has 4 aromatic rings. The number of carboxylic acid groups (broad SMARTS) is 1. The summed E-state index contributed by atoms with van der Waals surface area (Å²) in [6, 6.07) is 12.0. The number of imidazole rings is 1. The van der Waals surface area contributed by atoms with Gasteiger partial charge in [-0.15, -0.1) is 0 Å². The highest BCUT2D eigenvalue weighted by Gasteiger charge is 2.34. The molecule has 4 rings (SSSR count). The monoisotopic (exact) mass is 797 g/mol. The highest BCUT2D eigenvalue weighted by atomic mass is 35.5. The van der Waals surface area contributed by atoms with Crippen LogP contribution in [0.25, 0.3) is 5.69 Å². The van der Waals surface area contributed by atoms with Crippen LogP contribution in [-0.4, -0.2) is 85.7 Å². The van der Waals surface area contributed by atoms with Crippen LogP contribution in [0.2, 0.25) is 10.0 Å². The molecule has 1 N–H and O–H groups in total. The fraction of sp³-hybridized carbons (Fsp3) is 0.405. The van der Waals surface area contributed by atoms with Gasteiger partial charge < -0.3 is 14.3 Å². The molecule has 0 saturated heterocycles. The molecular formula is C37H45Cl2F2N4O5S2+.